The number of amides is 1. The van der Waals surface area contributed by atoms with Crippen LogP contribution in [0.2, 0.25) is 0 Å². The fourth-order valence-corrected chi connectivity index (χ4v) is 4.36. The van der Waals surface area contributed by atoms with Gasteiger partial charge in [0.1, 0.15) is 11.8 Å². The Labute approximate surface area is 167 Å². The highest BCUT2D eigenvalue weighted by molar-refractivity contribution is 7.92. The second-order valence-corrected chi connectivity index (χ2v) is 8.68. The van der Waals surface area contributed by atoms with E-state index in [9.17, 15) is 13.2 Å². The Morgan fingerprint density at radius 1 is 1.11 bits per heavy atom. The van der Waals surface area contributed by atoms with Gasteiger partial charge in [0.15, 0.2) is 0 Å². The summed E-state index contributed by atoms with van der Waals surface area (Å²) in [5, 5.41) is 0. The van der Waals surface area contributed by atoms with Crippen LogP contribution in [0.1, 0.15) is 24.5 Å². The number of hydrogen-bond acceptors (Lipinski definition) is 4. The van der Waals surface area contributed by atoms with Gasteiger partial charge in [0, 0.05) is 19.2 Å². The van der Waals surface area contributed by atoms with E-state index in [2.05, 4.69) is 0 Å². The lowest BCUT2D eigenvalue weighted by Gasteiger charge is -2.33. The zero-order chi connectivity index (χ0) is 20.9. The molecule has 28 heavy (non-hydrogen) atoms. The highest BCUT2D eigenvalue weighted by atomic mass is 32.2. The Hall–Kier alpha value is -2.54. The third-order valence-electron chi connectivity index (χ3n) is 4.58. The molecule has 0 saturated carbocycles. The quantitative estimate of drug-likeness (QED) is 0.678. The molecular weight excluding hydrogens is 376 g/mol. The number of para-hydroxylation sites is 1. The van der Waals surface area contributed by atoms with Crippen LogP contribution in [0.15, 0.2) is 48.5 Å². The lowest BCUT2D eigenvalue weighted by atomic mass is 10.1. The Morgan fingerprint density at radius 2 is 1.71 bits per heavy atom. The number of carbonyl (C=O) groups is 1. The molecule has 1 unspecified atom stereocenters. The molecule has 2 aromatic rings. The molecule has 1 amide bonds. The monoisotopic (exact) mass is 404 g/mol. The second-order valence-electron chi connectivity index (χ2n) is 6.82. The molecule has 0 N–H and O–H groups in total. The van der Waals surface area contributed by atoms with Crippen molar-refractivity contribution in [3.05, 3.63) is 59.7 Å². The van der Waals surface area contributed by atoms with Crippen molar-refractivity contribution in [3.63, 3.8) is 0 Å². The minimum atomic E-state index is -3.65. The summed E-state index contributed by atoms with van der Waals surface area (Å²) in [5.74, 6) is 0.424. The van der Waals surface area contributed by atoms with E-state index < -0.39 is 16.1 Å². The molecule has 0 aliphatic rings. The van der Waals surface area contributed by atoms with Crippen LogP contribution in [-0.2, 0) is 21.4 Å². The van der Waals surface area contributed by atoms with E-state index in [1.807, 2.05) is 50.2 Å². The standard InChI is InChI=1S/C21H28N2O4S/c1-6-19(23(28(5,25)26)18-13-11-16(2)12-14-18)21(24)22(3)15-17-9-7-8-10-20(17)27-4/h7-14,19H,6,15H2,1-5H3. The number of methoxy groups -OCH3 is 1. The summed E-state index contributed by atoms with van der Waals surface area (Å²) in [4.78, 5) is 14.7. The van der Waals surface area contributed by atoms with E-state index in [1.54, 1.807) is 31.2 Å². The van der Waals surface area contributed by atoms with E-state index in [1.165, 1.54) is 4.31 Å². The fraction of sp³-hybridized carbons (Fsp3) is 0.381. The van der Waals surface area contributed by atoms with Crippen LogP contribution in [0.25, 0.3) is 0 Å². The summed E-state index contributed by atoms with van der Waals surface area (Å²) in [7, 11) is -0.390. The van der Waals surface area contributed by atoms with Crippen LogP contribution in [0.5, 0.6) is 5.75 Å². The topological polar surface area (TPSA) is 66.9 Å². The Bertz CT molecular complexity index is 910. The van der Waals surface area contributed by atoms with E-state index in [0.717, 1.165) is 17.4 Å². The van der Waals surface area contributed by atoms with E-state index in [4.69, 9.17) is 4.74 Å². The molecule has 0 fully saturated rings. The Kier molecular flexibility index (Phi) is 7.07. The van der Waals surface area contributed by atoms with Gasteiger partial charge >= 0.3 is 0 Å². The lowest BCUT2D eigenvalue weighted by molar-refractivity contribution is -0.131. The lowest BCUT2D eigenvalue weighted by Crippen LogP contribution is -2.49. The SMILES string of the molecule is CCC(C(=O)N(C)Cc1ccccc1OC)N(c1ccc(C)cc1)S(C)(=O)=O. The van der Waals surface area contributed by atoms with Crippen molar-refractivity contribution in [2.24, 2.45) is 0 Å². The van der Waals surface area contributed by atoms with Crippen LogP contribution in [0, 0.1) is 6.92 Å². The summed E-state index contributed by atoms with van der Waals surface area (Å²) < 4.78 is 31.6. The van der Waals surface area contributed by atoms with Crippen LogP contribution in [0.3, 0.4) is 0 Å². The maximum absolute atomic E-state index is 13.2. The predicted molar refractivity (Wildman–Crippen MR) is 112 cm³/mol. The van der Waals surface area contributed by atoms with Gasteiger partial charge in [-0.1, -0.05) is 42.8 Å². The van der Waals surface area contributed by atoms with Crippen LogP contribution in [0.4, 0.5) is 5.69 Å². The maximum atomic E-state index is 13.2. The number of hydrogen-bond donors (Lipinski definition) is 0. The van der Waals surface area contributed by atoms with Crippen LogP contribution in [-0.4, -0.2) is 45.7 Å². The number of sulfonamides is 1. The van der Waals surface area contributed by atoms with Gasteiger partial charge in [0.2, 0.25) is 15.9 Å². The molecule has 0 spiro atoms. The van der Waals surface area contributed by atoms with E-state index >= 15 is 0 Å². The van der Waals surface area contributed by atoms with E-state index in [0.29, 0.717) is 24.4 Å². The van der Waals surface area contributed by atoms with Gasteiger partial charge in [-0.05, 0) is 31.5 Å². The summed E-state index contributed by atoms with van der Waals surface area (Å²) in [5.41, 5.74) is 2.36. The van der Waals surface area contributed by atoms with Crippen molar-refractivity contribution in [3.8, 4) is 5.75 Å². The molecular formula is C21H28N2O4S. The molecule has 152 valence electrons. The molecule has 1 atom stereocenters. The van der Waals surface area contributed by atoms with Gasteiger partial charge in [-0.15, -0.1) is 0 Å². The number of anilines is 1. The number of carbonyl (C=O) groups excluding carboxylic acids is 1. The highest BCUT2D eigenvalue weighted by Crippen LogP contribution is 2.25. The highest BCUT2D eigenvalue weighted by Gasteiger charge is 2.33. The Balaban J connectivity index is 2.34. The van der Waals surface area contributed by atoms with Gasteiger partial charge in [-0.2, -0.15) is 0 Å². The molecule has 6 nitrogen and oxygen atoms in total. The third-order valence-corrected chi connectivity index (χ3v) is 5.76. The first-order valence-electron chi connectivity index (χ1n) is 9.12. The summed E-state index contributed by atoms with van der Waals surface area (Å²) >= 11 is 0. The van der Waals surface area contributed by atoms with Crippen LogP contribution >= 0.6 is 0 Å². The number of nitrogens with zero attached hydrogens (tertiary/aromatic N) is 2. The molecule has 0 heterocycles. The van der Waals surface area contributed by atoms with Crippen molar-refractivity contribution in [2.45, 2.75) is 32.9 Å². The van der Waals surface area contributed by atoms with Crippen molar-refractivity contribution in [1.29, 1.82) is 0 Å². The Morgan fingerprint density at radius 3 is 2.25 bits per heavy atom. The molecule has 0 radical (unpaired) electrons. The first-order valence-corrected chi connectivity index (χ1v) is 11.0. The minimum Gasteiger partial charge on any atom is -0.496 e. The average molecular weight is 405 g/mol. The molecule has 0 bridgehead atoms. The van der Waals surface area contributed by atoms with Crippen molar-refractivity contribution >= 4 is 21.6 Å². The fourth-order valence-electron chi connectivity index (χ4n) is 3.16. The third kappa shape index (κ3) is 5.04. The normalized spacial score (nSPS) is 12.3. The molecule has 7 heteroatoms. The first-order chi connectivity index (χ1) is 13.2. The molecule has 2 aromatic carbocycles. The van der Waals surface area contributed by atoms with Crippen molar-refractivity contribution < 1.29 is 17.9 Å². The second kappa shape index (κ2) is 9.10. The van der Waals surface area contributed by atoms with E-state index in [-0.39, 0.29) is 5.91 Å². The van der Waals surface area contributed by atoms with Gasteiger partial charge in [-0.25, -0.2) is 8.42 Å². The predicted octanol–water partition coefficient (Wildman–Crippen LogP) is 3.21. The minimum absolute atomic E-state index is 0.264. The largest absolute Gasteiger partial charge is 0.496 e. The van der Waals surface area contributed by atoms with Crippen molar-refractivity contribution in [2.75, 3.05) is 24.7 Å². The van der Waals surface area contributed by atoms with Crippen LogP contribution < -0.4 is 9.04 Å². The smallest absolute Gasteiger partial charge is 0.246 e. The number of likely N-dealkylation sites (N-methyl/N-ethyl adjacent to an activating group) is 1. The zero-order valence-corrected chi connectivity index (χ0v) is 17.9. The van der Waals surface area contributed by atoms with Gasteiger partial charge in [-0.3, -0.25) is 9.10 Å². The molecule has 0 aromatic heterocycles. The summed E-state index contributed by atoms with van der Waals surface area (Å²) in [6.07, 6.45) is 1.49. The van der Waals surface area contributed by atoms with Crippen molar-refractivity contribution in [1.82, 2.24) is 4.90 Å². The number of ether oxygens (including phenoxy) is 1. The first kappa shape index (κ1) is 21.8. The van der Waals surface area contributed by atoms with Gasteiger partial charge in [0.05, 0.1) is 19.1 Å². The number of aryl methyl sites for hydroxylation is 1. The van der Waals surface area contributed by atoms with Gasteiger partial charge < -0.3 is 9.64 Å². The number of benzene rings is 2. The summed E-state index contributed by atoms with van der Waals surface area (Å²) in [6, 6.07) is 13.8. The average Bonchev–Trinajstić information content (AvgIpc) is 2.66. The molecule has 0 aliphatic heterocycles. The molecule has 0 saturated heterocycles. The molecule has 2 rings (SSSR count). The number of rotatable bonds is 8. The maximum Gasteiger partial charge on any atom is 0.246 e. The zero-order valence-electron chi connectivity index (χ0n) is 17.0. The molecule has 0 aliphatic carbocycles. The summed E-state index contributed by atoms with van der Waals surface area (Å²) in [6.45, 7) is 4.06. The van der Waals surface area contributed by atoms with Gasteiger partial charge in [0.25, 0.3) is 0 Å².